The predicted molar refractivity (Wildman–Crippen MR) is 126 cm³/mol. The number of nitrogens with one attached hydrogen (secondary N) is 1. The molecule has 7 nitrogen and oxygen atoms in total. The second-order valence-electron chi connectivity index (χ2n) is 9.25. The number of hydrogen-bond acceptors (Lipinski definition) is 5. The highest BCUT2D eigenvalue weighted by molar-refractivity contribution is 5.94. The first-order valence-corrected chi connectivity index (χ1v) is 11.5. The van der Waals surface area contributed by atoms with Gasteiger partial charge in [0.25, 0.3) is 0 Å². The molecule has 0 bridgehead atoms. The summed E-state index contributed by atoms with van der Waals surface area (Å²) in [5, 5.41) is 3.59. The van der Waals surface area contributed by atoms with Crippen LogP contribution < -0.4 is 10.2 Å². The Morgan fingerprint density at radius 1 is 1.03 bits per heavy atom. The molecule has 0 saturated carbocycles. The third kappa shape index (κ3) is 4.20. The summed E-state index contributed by atoms with van der Waals surface area (Å²) in [6.07, 6.45) is 5.46. The lowest BCUT2D eigenvalue weighted by molar-refractivity contribution is -0.129. The summed E-state index contributed by atoms with van der Waals surface area (Å²) >= 11 is 0. The van der Waals surface area contributed by atoms with Gasteiger partial charge in [0.2, 0.25) is 11.8 Å². The van der Waals surface area contributed by atoms with Crippen LogP contribution >= 0.6 is 0 Å². The van der Waals surface area contributed by atoms with E-state index in [4.69, 9.17) is 0 Å². The number of anilines is 2. The lowest BCUT2D eigenvalue weighted by Crippen LogP contribution is -2.48. The Hall–Kier alpha value is -2.96. The fraction of sp³-hybridized carbons (Fsp3) is 0.520. The molecule has 1 aromatic heterocycles. The molecule has 0 unspecified atom stereocenters. The summed E-state index contributed by atoms with van der Waals surface area (Å²) in [6, 6.07) is 6.60. The van der Waals surface area contributed by atoms with Gasteiger partial charge in [-0.2, -0.15) is 0 Å². The molecule has 0 aliphatic carbocycles. The number of piperidine rings is 1. The molecule has 32 heavy (non-hydrogen) atoms. The van der Waals surface area contributed by atoms with Crippen LogP contribution in [0.25, 0.3) is 0 Å². The molecule has 3 heterocycles. The Bertz CT molecular complexity index is 998. The maximum atomic E-state index is 12.6. The summed E-state index contributed by atoms with van der Waals surface area (Å²) in [5.41, 5.74) is 4.24. The molecule has 170 valence electrons. The lowest BCUT2D eigenvalue weighted by Gasteiger charge is -2.44. The normalized spacial score (nSPS) is 23.6. The SMILES string of the molecule is CC(=O)N1CCC(c2ccc3c(c2)[C@H](Nc2cnc(C)cn2)[C@@H](C)[C@H](C)N3C(C)=O)CC1. The van der Waals surface area contributed by atoms with E-state index in [1.807, 2.05) is 16.7 Å². The van der Waals surface area contributed by atoms with Gasteiger partial charge in [-0.25, -0.2) is 4.98 Å². The van der Waals surface area contributed by atoms with Crippen LogP contribution in [0, 0.1) is 12.8 Å². The van der Waals surface area contributed by atoms with Crippen molar-refractivity contribution in [3.05, 3.63) is 47.4 Å². The molecule has 2 aliphatic rings. The standard InChI is InChI=1S/C25H33N5O2/c1-15-13-27-24(14-26-15)28-25-16(2)17(3)30(19(5)32)23-7-6-21(12-22(23)25)20-8-10-29(11-9-20)18(4)31/h6-7,12-14,16-17,20,25H,8-11H2,1-5H3,(H,27,28)/t16-,17-,25+/m0/s1. The zero-order chi connectivity index (χ0) is 23.0. The number of nitrogens with zero attached hydrogens (tertiary/aromatic N) is 4. The van der Waals surface area contributed by atoms with Gasteiger partial charge in [-0.1, -0.05) is 19.1 Å². The molecule has 3 atom stereocenters. The van der Waals surface area contributed by atoms with Gasteiger partial charge in [-0.05, 0) is 49.8 Å². The van der Waals surface area contributed by atoms with E-state index in [2.05, 4.69) is 47.3 Å². The van der Waals surface area contributed by atoms with Crippen LogP contribution in [0.5, 0.6) is 0 Å². The van der Waals surface area contributed by atoms with Gasteiger partial charge in [0.05, 0.1) is 24.1 Å². The molecular weight excluding hydrogens is 402 g/mol. The first-order valence-electron chi connectivity index (χ1n) is 11.5. The first-order chi connectivity index (χ1) is 15.3. The number of carbonyl (C=O) groups is 2. The predicted octanol–water partition coefficient (Wildman–Crippen LogP) is 4.06. The fourth-order valence-corrected chi connectivity index (χ4v) is 5.13. The van der Waals surface area contributed by atoms with Crippen LogP contribution in [0.15, 0.2) is 30.6 Å². The molecule has 0 radical (unpaired) electrons. The summed E-state index contributed by atoms with van der Waals surface area (Å²) in [7, 11) is 0. The number of fused-ring (bicyclic) bond motifs is 1. The lowest BCUT2D eigenvalue weighted by atomic mass is 9.80. The fourth-order valence-electron chi connectivity index (χ4n) is 5.13. The number of amides is 2. The van der Waals surface area contributed by atoms with E-state index in [1.54, 1.807) is 26.2 Å². The quantitative estimate of drug-likeness (QED) is 0.787. The van der Waals surface area contributed by atoms with Crippen LogP contribution in [-0.4, -0.2) is 45.8 Å². The van der Waals surface area contributed by atoms with E-state index >= 15 is 0 Å². The smallest absolute Gasteiger partial charge is 0.224 e. The van der Waals surface area contributed by atoms with Crippen molar-refractivity contribution in [1.82, 2.24) is 14.9 Å². The Kier molecular flexibility index (Phi) is 6.17. The molecule has 7 heteroatoms. The van der Waals surface area contributed by atoms with Crippen LogP contribution in [-0.2, 0) is 9.59 Å². The minimum Gasteiger partial charge on any atom is -0.362 e. The van der Waals surface area contributed by atoms with Crippen molar-refractivity contribution in [2.75, 3.05) is 23.3 Å². The number of aryl methyl sites for hydroxylation is 1. The van der Waals surface area contributed by atoms with Crippen molar-refractivity contribution in [3.63, 3.8) is 0 Å². The number of benzene rings is 1. The summed E-state index contributed by atoms with van der Waals surface area (Å²) in [6.45, 7) is 11.1. The van der Waals surface area contributed by atoms with Gasteiger partial charge in [0.15, 0.2) is 0 Å². The minimum atomic E-state index is 0.0184. The van der Waals surface area contributed by atoms with Gasteiger partial charge < -0.3 is 15.1 Å². The molecule has 2 aromatic rings. The topological polar surface area (TPSA) is 78.4 Å². The second kappa shape index (κ2) is 8.88. The van der Waals surface area contributed by atoms with Crippen molar-refractivity contribution in [3.8, 4) is 0 Å². The minimum absolute atomic E-state index is 0.0184. The molecule has 2 amide bonds. The van der Waals surface area contributed by atoms with Crippen molar-refractivity contribution in [1.29, 1.82) is 0 Å². The third-order valence-corrected chi connectivity index (χ3v) is 7.18. The zero-order valence-electron chi connectivity index (χ0n) is 19.6. The molecular formula is C25H33N5O2. The van der Waals surface area contributed by atoms with Crippen molar-refractivity contribution in [2.24, 2.45) is 5.92 Å². The second-order valence-corrected chi connectivity index (χ2v) is 9.25. The Morgan fingerprint density at radius 2 is 1.75 bits per heavy atom. The molecule has 1 fully saturated rings. The Labute approximate surface area is 190 Å². The first kappa shape index (κ1) is 22.2. The maximum Gasteiger partial charge on any atom is 0.224 e. The van der Waals surface area contributed by atoms with E-state index in [0.29, 0.717) is 5.92 Å². The highest BCUT2D eigenvalue weighted by Crippen LogP contribution is 2.44. The van der Waals surface area contributed by atoms with E-state index < -0.39 is 0 Å². The Balaban J connectivity index is 1.69. The van der Waals surface area contributed by atoms with Crippen molar-refractivity contribution >= 4 is 23.3 Å². The summed E-state index contributed by atoms with van der Waals surface area (Å²) < 4.78 is 0. The van der Waals surface area contributed by atoms with E-state index in [1.165, 1.54) is 5.56 Å². The largest absolute Gasteiger partial charge is 0.362 e. The van der Waals surface area contributed by atoms with Crippen LogP contribution in [0.4, 0.5) is 11.5 Å². The molecule has 1 N–H and O–H groups in total. The number of carbonyl (C=O) groups excluding carboxylic acids is 2. The number of hydrogen-bond donors (Lipinski definition) is 1. The van der Waals surface area contributed by atoms with Crippen molar-refractivity contribution in [2.45, 2.75) is 65.5 Å². The van der Waals surface area contributed by atoms with Gasteiger partial charge >= 0.3 is 0 Å². The van der Waals surface area contributed by atoms with Gasteiger partial charge in [0.1, 0.15) is 5.82 Å². The van der Waals surface area contributed by atoms with E-state index in [-0.39, 0.29) is 29.8 Å². The van der Waals surface area contributed by atoms with E-state index in [0.717, 1.165) is 48.7 Å². The average molecular weight is 436 g/mol. The number of rotatable bonds is 3. The third-order valence-electron chi connectivity index (χ3n) is 7.18. The van der Waals surface area contributed by atoms with Crippen LogP contribution in [0.3, 0.4) is 0 Å². The van der Waals surface area contributed by atoms with E-state index in [9.17, 15) is 9.59 Å². The molecule has 0 spiro atoms. The highest BCUT2D eigenvalue weighted by atomic mass is 16.2. The van der Waals surface area contributed by atoms with Crippen LogP contribution in [0.1, 0.15) is 69.3 Å². The molecule has 1 saturated heterocycles. The van der Waals surface area contributed by atoms with Gasteiger partial charge in [0, 0.05) is 44.6 Å². The Morgan fingerprint density at radius 3 is 2.34 bits per heavy atom. The zero-order valence-corrected chi connectivity index (χ0v) is 19.6. The number of likely N-dealkylation sites (tertiary alicyclic amines) is 1. The average Bonchev–Trinajstić information content (AvgIpc) is 2.78. The van der Waals surface area contributed by atoms with Gasteiger partial charge in [-0.15, -0.1) is 0 Å². The van der Waals surface area contributed by atoms with Gasteiger partial charge in [-0.3, -0.25) is 14.6 Å². The monoisotopic (exact) mass is 435 g/mol. The maximum absolute atomic E-state index is 12.6. The summed E-state index contributed by atoms with van der Waals surface area (Å²) in [4.78, 5) is 37.0. The number of aromatic nitrogens is 2. The highest BCUT2D eigenvalue weighted by Gasteiger charge is 2.39. The molecule has 4 rings (SSSR count). The van der Waals surface area contributed by atoms with Crippen molar-refractivity contribution < 1.29 is 9.59 Å². The summed E-state index contributed by atoms with van der Waals surface area (Å²) in [5.74, 6) is 1.54. The molecule has 1 aromatic carbocycles. The molecule has 2 aliphatic heterocycles. The van der Waals surface area contributed by atoms with Crippen LogP contribution in [0.2, 0.25) is 0 Å².